The van der Waals surface area contributed by atoms with Gasteiger partial charge in [0.2, 0.25) is 0 Å². The minimum Gasteiger partial charge on any atom is -0.314 e. The van der Waals surface area contributed by atoms with E-state index in [4.69, 9.17) is 0 Å². The van der Waals surface area contributed by atoms with Crippen molar-refractivity contribution < 1.29 is 0 Å². The quantitative estimate of drug-likeness (QED) is 0.566. The van der Waals surface area contributed by atoms with Crippen LogP contribution in [0.15, 0.2) is 30.3 Å². The minimum atomic E-state index is 0.676. The molecule has 0 aliphatic heterocycles. The third-order valence-electron chi connectivity index (χ3n) is 2.87. The van der Waals surface area contributed by atoms with Crippen LogP contribution in [-0.4, -0.2) is 17.9 Å². The number of alkyl halides is 1. The molecule has 1 atom stereocenters. The van der Waals surface area contributed by atoms with Crippen molar-refractivity contribution in [2.75, 3.05) is 11.9 Å². The number of hydrogen-bond donors (Lipinski definition) is 1. The van der Waals surface area contributed by atoms with Crippen molar-refractivity contribution in [1.82, 2.24) is 5.32 Å². The molecule has 0 heterocycles. The Bertz CT molecular complexity index is 261. The molecule has 1 nitrogen and oxygen atoms in total. The minimum absolute atomic E-state index is 0.676. The number of aryl methyl sites for hydroxylation is 1. The van der Waals surface area contributed by atoms with Gasteiger partial charge in [-0.1, -0.05) is 53.2 Å². The molecule has 0 spiro atoms. The van der Waals surface area contributed by atoms with E-state index in [1.54, 1.807) is 0 Å². The van der Waals surface area contributed by atoms with Crippen molar-refractivity contribution in [2.24, 2.45) is 0 Å². The van der Waals surface area contributed by atoms with Gasteiger partial charge in [-0.15, -0.1) is 0 Å². The number of halogens is 1. The molecule has 0 aromatic heterocycles. The first-order chi connectivity index (χ1) is 7.86. The largest absolute Gasteiger partial charge is 0.314 e. The smallest absolute Gasteiger partial charge is 0.00723 e. The van der Waals surface area contributed by atoms with Crippen molar-refractivity contribution in [3.8, 4) is 0 Å². The predicted octanol–water partition coefficient (Wildman–Crippen LogP) is 3.77. The van der Waals surface area contributed by atoms with Crippen molar-refractivity contribution >= 4 is 15.9 Å². The lowest BCUT2D eigenvalue weighted by molar-refractivity contribution is 0.482. The van der Waals surface area contributed by atoms with E-state index in [-0.39, 0.29) is 0 Å². The van der Waals surface area contributed by atoms with E-state index in [1.165, 1.54) is 31.2 Å². The standard InChI is InChI=1S/C14H22BrN/c1-2-14(10-11-15)16-12-6-9-13-7-4-3-5-8-13/h3-5,7-8,14,16H,2,6,9-12H2,1H3. The monoisotopic (exact) mass is 283 g/mol. The molecule has 16 heavy (non-hydrogen) atoms. The topological polar surface area (TPSA) is 12.0 Å². The summed E-state index contributed by atoms with van der Waals surface area (Å²) in [6, 6.07) is 11.4. The van der Waals surface area contributed by atoms with Gasteiger partial charge in [0.25, 0.3) is 0 Å². The van der Waals surface area contributed by atoms with Gasteiger partial charge >= 0.3 is 0 Å². The first-order valence-corrected chi connectivity index (χ1v) is 7.32. The summed E-state index contributed by atoms with van der Waals surface area (Å²) in [6.45, 7) is 3.37. The van der Waals surface area contributed by atoms with Gasteiger partial charge in [-0.2, -0.15) is 0 Å². The zero-order chi connectivity index (χ0) is 11.6. The second-order valence-electron chi connectivity index (χ2n) is 4.13. The van der Waals surface area contributed by atoms with Crippen LogP contribution in [0.4, 0.5) is 0 Å². The summed E-state index contributed by atoms with van der Waals surface area (Å²) >= 11 is 3.50. The molecule has 0 bridgehead atoms. The van der Waals surface area contributed by atoms with Crippen LogP contribution in [-0.2, 0) is 6.42 Å². The van der Waals surface area contributed by atoms with E-state index in [0.29, 0.717) is 6.04 Å². The van der Waals surface area contributed by atoms with Gasteiger partial charge in [-0.25, -0.2) is 0 Å². The zero-order valence-electron chi connectivity index (χ0n) is 10.1. The second-order valence-corrected chi connectivity index (χ2v) is 4.92. The Hall–Kier alpha value is -0.340. The number of rotatable bonds is 8. The molecule has 1 rings (SSSR count). The van der Waals surface area contributed by atoms with Crippen molar-refractivity contribution in [2.45, 2.75) is 38.6 Å². The Labute approximate surface area is 108 Å². The molecule has 90 valence electrons. The van der Waals surface area contributed by atoms with E-state index in [9.17, 15) is 0 Å². The van der Waals surface area contributed by atoms with Crippen LogP contribution in [0.5, 0.6) is 0 Å². The normalized spacial score (nSPS) is 12.6. The summed E-state index contributed by atoms with van der Waals surface area (Å²) in [4.78, 5) is 0. The molecule has 0 saturated heterocycles. The first kappa shape index (κ1) is 13.7. The molecule has 0 saturated carbocycles. The van der Waals surface area contributed by atoms with E-state index < -0.39 is 0 Å². The molecular weight excluding hydrogens is 262 g/mol. The predicted molar refractivity (Wildman–Crippen MR) is 75.3 cm³/mol. The molecule has 0 radical (unpaired) electrons. The lowest BCUT2D eigenvalue weighted by Crippen LogP contribution is -2.29. The molecule has 1 aromatic carbocycles. The van der Waals surface area contributed by atoms with Crippen molar-refractivity contribution in [1.29, 1.82) is 0 Å². The van der Waals surface area contributed by atoms with Gasteiger partial charge in [-0.3, -0.25) is 0 Å². The van der Waals surface area contributed by atoms with E-state index in [2.05, 4.69) is 58.5 Å². The van der Waals surface area contributed by atoms with Gasteiger partial charge < -0.3 is 5.32 Å². The summed E-state index contributed by atoms with van der Waals surface area (Å²) in [5.74, 6) is 0. The van der Waals surface area contributed by atoms with Crippen LogP contribution in [0.3, 0.4) is 0 Å². The maximum Gasteiger partial charge on any atom is 0.00723 e. The van der Waals surface area contributed by atoms with Crippen LogP contribution >= 0.6 is 15.9 Å². The summed E-state index contributed by atoms with van der Waals surface area (Å²) in [5.41, 5.74) is 1.44. The number of benzene rings is 1. The fourth-order valence-electron chi connectivity index (χ4n) is 1.83. The van der Waals surface area contributed by atoms with E-state index >= 15 is 0 Å². The molecule has 1 N–H and O–H groups in total. The van der Waals surface area contributed by atoms with Crippen LogP contribution in [0, 0.1) is 0 Å². The van der Waals surface area contributed by atoms with Crippen molar-refractivity contribution in [3.05, 3.63) is 35.9 Å². The summed E-state index contributed by atoms with van der Waals surface area (Å²) in [7, 11) is 0. The Morgan fingerprint density at radius 3 is 2.62 bits per heavy atom. The van der Waals surface area contributed by atoms with Crippen molar-refractivity contribution in [3.63, 3.8) is 0 Å². The SMILES string of the molecule is CCC(CCBr)NCCCc1ccccc1. The van der Waals surface area contributed by atoms with Crippen LogP contribution in [0.2, 0.25) is 0 Å². The molecule has 2 heteroatoms. The van der Waals surface area contributed by atoms with E-state index in [1.807, 2.05) is 0 Å². The Morgan fingerprint density at radius 2 is 2.00 bits per heavy atom. The van der Waals surface area contributed by atoms with Gasteiger partial charge in [0, 0.05) is 11.4 Å². The Kier molecular flexibility index (Phi) is 7.52. The van der Waals surface area contributed by atoms with Crippen LogP contribution in [0.1, 0.15) is 31.7 Å². The maximum absolute atomic E-state index is 3.61. The molecule has 0 amide bonds. The third kappa shape index (κ3) is 5.66. The van der Waals surface area contributed by atoms with Crippen LogP contribution < -0.4 is 5.32 Å². The summed E-state index contributed by atoms with van der Waals surface area (Å²) in [5, 5.41) is 4.71. The zero-order valence-corrected chi connectivity index (χ0v) is 11.7. The first-order valence-electron chi connectivity index (χ1n) is 6.20. The fourth-order valence-corrected chi connectivity index (χ4v) is 2.38. The van der Waals surface area contributed by atoms with Gasteiger partial charge in [-0.05, 0) is 37.8 Å². The Morgan fingerprint density at radius 1 is 1.25 bits per heavy atom. The summed E-state index contributed by atoms with van der Waals surface area (Å²) < 4.78 is 0. The second kappa shape index (κ2) is 8.77. The van der Waals surface area contributed by atoms with Gasteiger partial charge in [0.05, 0.1) is 0 Å². The molecule has 1 unspecified atom stereocenters. The molecule has 1 aromatic rings. The fraction of sp³-hybridized carbons (Fsp3) is 0.571. The highest BCUT2D eigenvalue weighted by atomic mass is 79.9. The highest BCUT2D eigenvalue weighted by Gasteiger charge is 2.03. The Balaban J connectivity index is 2.11. The molecule has 0 aliphatic rings. The highest BCUT2D eigenvalue weighted by Crippen LogP contribution is 2.03. The maximum atomic E-state index is 3.61. The average molecular weight is 284 g/mol. The van der Waals surface area contributed by atoms with Gasteiger partial charge in [0.15, 0.2) is 0 Å². The number of hydrogen-bond acceptors (Lipinski definition) is 1. The highest BCUT2D eigenvalue weighted by molar-refractivity contribution is 9.09. The number of nitrogens with one attached hydrogen (secondary N) is 1. The summed E-state index contributed by atoms with van der Waals surface area (Å²) in [6.07, 6.45) is 4.85. The molecule has 0 fully saturated rings. The lowest BCUT2D eigenvalue weighted by Gasteiger charge is -2.15. The molecular formula is C14H22BrN. The third-order valence-corrected chi connectivity index (χ3v) is 3.33. The van der Waals surface area contributed by atoms with Crippen LogP contribution in [0.25, 0.3) is 0 Å². The molecule has 0 aliphatic carbocycles. The average Bonchev–Trinajstić information content (AvgIpc) is 2.34. The van der Waals surface area contributed by atoms with E-state index in [0.717, 1.165) is 11.9 Å². The van der Waals surface area contributed by atoms with Gasteiger partial charge in [0.1, 0.15) is 0 Å². The lowest BCUT2D eigenvalue weighted by atomic mass is 10.1.